The molecule has 0 aliphatic rings. The van der Waals surface area contributed by atoms with E-state index in [1.54, 1.807) is 6.07 Å². The molecule has 0 aromatic carbocycles. The van der Waals surface area contributed by atoms with E-state index in [9.17, 15) is 8.78 Å². The molecule has 0 spiro atoms. The summed E-state index contributed by atoms with van der Waals surface area (Å²) in [7, 11) is 1.37. The molecule has 0 unspecified atom stereocenters. The Morgan fingerprint density at radius 2 is 2.21 bits per heavy atom. The highest BCUT2D eigenvalue weighted by Gasteiger charge is 2.18. The maximum absolute atomic E-state index is 12.4. The number of hydrogen-bond donors (Lipinski definition) is 0. The molecule has 74 valence electrons. The summed E-state index contributed by atoms with van der Waals surface area (Å²) in [6, 6.07) is 1.72. The molecule has 1 heterocycles. The van der Waals surface area contributed by atoms with Gasteiger partial charge in [-0.15, -0.1) is 0 Å². The summed E-state index contributed by atoms with van der Waals surface area (Å²) in [4.78, 5) is 3.67. The van der Waals surface area contributed by atoms with Crippen molar-refractivity contribution >= 4 is 0 Å². The maximum Gasteiger partial charge on any atom is 0.266 e. The first-order chi connectivity index (χ1) is 6.61. The molecular weight excluding hydrogens is 190 g/mol. The van der Waals surface area contributed by atoms with Gasteiger partial charge in [-0.2, -0.15) is 5.26 Å². The molecule has 0 saturated carbocycles. The number of methoxy groups -OCH3 is 1. The van der Waals surface area contributed by atoms with Crippen LogP contribution in [-0.4, -0.2) is 12.1 Å². The maximum atomic E-state index is 12.4. The lowest BCUT2D eigenvalue weighted by Crippen LogP contribution is -1.99. The van der Waals surface area contributed by atoms with Crippen LogP contribution in [0.2, 0.25) is 0 Å². The topological polar surface area (TPSA) is 45.9 Å². The number of alkyl halides is 2. The van der Waals surface area contributed by atoms with Gasteiger partial charge in [0.1, 0.15) is 6.07 Å². The van der Waals surface area contributed by atoms with Crippen LogP contribution in [0.5, 0.6) is 5.88 Å². The lowest BCUT2D eigenvalue weighted by atomic mass is 10.1. The third kappa shape index (κ3) is 1.64. The zero-order chi connectivity index (χ0) is 10.7. The van der Waals surface area contributed by atoms with E-state index >= 15 is 0 Å². The van der Waals surface area contributed by atoms with Gasteiger partial charge in [-0.3, -0.25) is 0 Å². The van der Waals surface area contributed by atoms with Gasteiger partial charge in [-0.1, -0.05) is 0 Å². The molecule has 0 bridgehead atoms. The van der Waals surface area contributed by atoms with Crippen LogP contribution in [0.25, 0.3) is 0 Å². The van der Waals surface area contributed by atoms with Crippen molar-refractivity contribution in [1.29, 1.82) is 5.26 Å². The minimum atomic E-state index is -2.69. The Hall–Kier alpha value is -1.70. The normalized spacial score (nSPS) is 10.0. The molecule has 0 N–H and O–H groups in total. The van der Waals surface area contributed by atoms with Crippen LogP contribution in [0.1, 0.15) is 23.1 Å². The van der Waals surface area contributed by atoms with Crippen molar-refractivity contribution in [1.82, 2.24) is 4.98 Å². The monoisotopic (exact) mass is 198 g/mol. The fraction of sp³-hybridized carbons (Fsp3) is 0.333. The SMILES string of the molecule is COc1ncc(C(F)F)c(C#N)c1C. The average molecular weight is 198 g/mol. The predicted molar refractivity (Wildman–Crippen MR) is 45.2 cm³/mol. The minimum absolute atomic E-state index is 0.0631. The van der Waals surface area contributed by atoms with E-state index in [4.69, 9.17) is 10.00 Å². The van der Waals surface area contributed by atoms with Crippen LogP contribution < -0.4 is 4.74 Å². The number of ether oxygens (including phenoxy) is 1. The fourth-order valence-electron chi connectivity index (χ4n) is 1.13. The van der Waals surface area contributed by atoms with E-state index in [1.165, 1.54) is 14.0 Å². The molecule has 0 atom stereocenters. The van der Waals surface area contributed by atoms with Gasteiger partial charge in [0.15, 0.2) is 0 Å². The van der Waals surface area contributed by atoms with Crippen LogP contribution >= 0.6 is 0 Å². The van der Waals surface area contributed by atoms with Gasteiger partial charge >= 0.3 is 0 Å². The molecule has 0 saturated heterocycles. The summed E-state index contributed by atoms with van der Waals surface area (Å²) in [6.07, 6.45) is -1.73. The summed E-state index contributed by atoms with van der Waals surface area (Å²) >= 11 is 0. The van der Waals surface area contributed by atoms with E-state index in [0.717, 1.165) is 6.20 Å². The molecule has 0 radical (unpaired) electrons. The van der Waals surface area contributed by atoms with Gasteiger partial charge in [0, 0.05) is 11.8 Å². The smallest absolute Gasteiger partial charge is 0.266 e. The Morgan fingerprint density at radius 1 is 1.57 bits per heavy atom. The zero-order valence-corrected chi connectivity index (χ0v) is 7.71. The zero-order valence-electron chi connectivity index (χ0n) is 7.71. The quantitative estimate of drug-likeness (QED) is 0.731. The van der Waals surface area contributed by atoms with E-state index in [2.05, 4.69) is 4.98 Å². The molecule has 1 aromatic rings. The first kappa shape index (κ1) is 10.4. The van der Waals surface area contributed by atoms with Crippen LogP contribution in [0.4, 0.5) is 8.78 Å². The molecule has 0 fully saturated rings. The second kappa shape index (κ2) is 4.01. The molecule has 14 heavy (non-hydrogen) atoms. The average Bonchev–Trinajstić information content (AvgIpc) is 2.17. The summed E-state index contributed by atoms with van der Waals surface area (Å²) in [6.45, 7) is 1.52. The molecule has 0 amide bonds. The second-order valence-electron chi connectivity index (χ2n) is 2.64. The van der Waals surface area contributed by atoms with Crippen LogP contribution in [0.3, 0.4) is 0 Å². The van der Waals surface area contributed by atoms with E-state index in [-0.39, 0.29) is 17.0 Å². The Bertz CT molecular complexity index is 385. The molecule has 5 heteroatoms. The lowest BCUT2D eigenvalue weighted by Gasteiger charge is -2.08. The number of aromatic nitrogens is 1. The number of pyridine rings is 1. The van der Waals surface area contributed by atoms with E-state index < -0.39 is 6.43 Å². The number of halogens is 2. The molecule has 1 aromatic heterocycles. The number of rotatable bonds is 2. The molecule has 1 rings (SSSR count). The molecule has 0 aliphatic heterocycles. The number of hydrogen-bond acceptors (Lipinski definition) is 3. The van der Waals surface area contributed by atoms with Gasteiger partial charge in [0.25, 0.3) is 6.43 Å². The highest BCUT2D eigenvalue weighted by molar-refractivity contribution is 5.47. The van der Waals surface area contributed by atoms with Crippen molar-refractivity contribution in [3.63, 3.8) is 0 Å². The largest absolute Gasteiger partial charge is 0.481 e. The molecule has 0 aliphatic carbocycles. The third-order valence-corrected chi connectivity index (χ3v) is 1.85. The van der Waals surface area contributed by atoms with Crippen molar-refractivity contribution in [2.45, 2.75) is 13.3 Å². The lowest BCUT2D eigenvalue weighted by molar-refractivity contribution is 0.150. The van der Waals surface area contributed by atoms with E-state index in [1.807, 2.05) is 0 Å². The van der Waals surface area contributed by atoms with Gasteiger partial charge in [-0.25, -0.2) is 13.8 Å². The molecular formula is C9H8F2N2O. The summed E-state index contributed by atoms with van der Waals surface area (Å²) < 4.78 is 29.6. The first-order valence-electron chi connectivity index (χ1n) is 3.83. The predicted octanol–water partition coefficient (Wildman–Crippen LogP) is 2.21. The second-order valence-corrected chi connectivity index (χ2v) is 2.64. The van der Waals surface area contributed by atoms with Crippen LogP contribution in [-0.2, 0) is 0 Å². The number of nitrogens with zero attached hydrogens (tertiary/aromatic N) is 2. The van der Waals surface area contributed by atoms with E-state index in [0.29, 0.717) is 5.56 Å². The van der Waals surface area contributed by atoms with Crippen LogP contribution in [0.15, 0.2) is 6.20 Å². The summed E-state index contributed by atoms with van der Waals surface area (Å²) in [5.74, 6) is 0.200. The Morgan fingerprint density at radius 3 is 2.64 bits per heavy atom. The summed E-state index contributed by atoms with van der Waals surface area (Å²) in [5, 5.41) is 8.70. The first-order valence-corrected chi connectivity index (χ1v) is 3.83. The Kier molecular flexibility index (Phi) is 2.97. The van der Waals surface area contributed by atoms with Crippen molar-refractivity contribution in [2.24, 2.45) is 0 Å². The highest BCUT2D eigenvalue weighted by Crippen LogP contribution is 2.27. The van der Waals surface area contributed by atoms with Gasteiger partial charge in [0.05, 0.1) is 18.2 Å². The van der Waals surface area contributed by atoms with Crippen LogP contribution in [0, 0.1) is 18.3 Å². The third-order valence-electron chi connectivity index (χ3n) is 1.85. The van der Waals surface area contributed by atoms with Crippen molar-refractivity contribution in [3.05, 3.63) is 22.9 Å². The Balaban J connectivity index is 3.38. The van der Waals surface area contributed by atoms with Crippen molar-refractivity contribution in [3.8, 4) is 11.9 Å². The van der Waals surface area contributed by atoms with Crippen molar-refractivity contribution < 1.29 is 13.5 Å². The van der Waals surface area contributed by atoms with Crippen molar-refractivity contribution in [2.75, 3.05) is 7.11 Å². The van der Waals surface area contributed by atoms with Gasteiger partial charge in [0.2, 0.25) is 5.88 Å². The standard InChI is InChI=1S/C9H8F2N2O/c1-5-6(3-12)7(8(10)11)4-13-9(5)14-2/h4,8H,1-2H3. The fourth-order valence-corrected chi connectivity index (χ4v) is 1.13. The Labute approximate surface area is 79.9 Å². The summed E-state index contributed by atoms with van der Waals surface area (Å²) in [5.41, 5.74) is -0.0783. The minimum Gasteiger partial charge on any atom is -0.481 e. The van der Waals surface area contributed by atoms with Gasteiger partial charge in [-0.05, 0) is 6.92 Å². The highest BCUT2D eigenvalue weighted by atomic mass is 19.3. The van der Waals surface area contributed by atoms with Gasteiger partial charge < -0.3 is 4.74 Å². The molecule has 3 nitrogen and oxygen atoms in total. The number of nitriles is 1.